The minimum atomic E-state index is -0.998. The molecule has 2 aliphatic rings. The number of nitrogens with one attached hydrogen (secondary N) is 3. The van der Waals surface area contributed by atoms with E-state index in [0.29, 0.717) is 64.8 Å². The first-order valence-corrected chi connectivity index (χ1v) is 19.1. The standard InChI is InChI=1S/C40H60N8O5/c1-27(2)22-33(46-37(51)34(24-30-14-8-5-9-15-30)45-35(49)31(43)23-29-12-6-4-7-13-29)36(50)44-32(16-10-11-19-41)39(53)47-20-17-40(18-21-47)25-48(26-40)38(52)28(3)42/h4-9,12-15,27-28,31-34H,10-11,16-26,41-43H2,1-3H3,(H,44,50)(H,45,49)(H,46,51)/t28-,31-,32-,33-,34-/m1/s1. The number of likely N-dealkylation sites (tertiary alicyclic amines) is 2. The number of piperidine rings is 1. The molecule has 13 heteroatoms. The highest BCUT2D eigenvalue weighted by atomic mass is 16.2. The van der Waals surface area contributed by atoms with Gasteiger partial charge < -0.3 is 43.0 Å². The normalized spacial score (nSPS) is 17.9. The van der Waals surface area contributed by atoms with Crippen LogP contribution in [0.15, 0.2) is 60.7 Å². The molecule has 2 saturated heterocycles. The van der Waals surface area contributed by atoms with Gasteiger partial charge in [0.2, 0.25) is 29.5 Å². The Morgan fingerprint density at radius 2 is 1.21 bits per heavy atom. The Hall–Kier alpha value is -4.33. The number of benzene rings is 2. The molecule has 4 rings (SSSR count). The fourth-order valence-electron chi connectivity index (χ4n) is 7.24. The molecule has 53 heavy (non-hydrogen) atoms. The summed E-state index contributed by atoms with van der Waals surface area (Å²) in [5.41, 5.74) is 19.6. The highest BCUT2D eigenvalue weighted by Gasteiger charge is 2.48. The Labute approximate surface area is 314 Å². The maximum Gasteiger partial charge on any atom is 0.245 e. The first-order valence-electron chi connectivity index (χ1n) is 19.1. The van der Waals surface area contributed by atoms with Crippen molar-refractivity contribution in [2.75, 3.05) is 32.7 Å². The van der Waals surface area contributed by atoms with Crippen LogP contribution in [0.4, 0.5) is 0 Å². The van der Waals surface area contributed by atoms with E-state index in [1.165, 1.54) is 0 Å². The van der Waals surface area contributed by atoms with Crippen LogP contribution in [0.25, 0.3) is 0 Å². The molecule has 0 saturated carbocycles. The topological polar surface area (TPSA) is 206 Å². The number of carbonyl (C=O) groups excluding carboxylic acids is 5. The molecule has 2 fully saturated rings. The van der Waals surface area contributed by atoms with Crippen LogP contribution < -0.4 is 33.2 Å². The fourth-order valence-corrected chi connectivity index (χ4v) is 7.24. The van der Waals surface area contributed by atoms with E-state index in [1.807, 2.05) is 74.5 Å². The molecule has 0 bridgehead atoms. The quantitative estimate of drug-likeness (QED) is 0.123. The van der Waals surface area contributed by atoms with Crippen molar-refractivity contribution in [3.63, 3.8) is 0 Å². The highest BCUT2D eigenvalue weighted by Crippen LogP contribution is 2.40. The smallest absolute Gasteiger partial charge is 0.245 e. The summed E-state index contributed by atoms with van der Waals surface area (Å²) >= 11 is 0. The Morgan fingerprint density at radius 1 is 0.679 bits per heavy atom. The zero-order valence-electron chi connectivity index (χ0n) is 31.6. The van der Waals surface area contributed by atoms with Crippen LogP contribution in [0.1, 0.15) is 70.4 Å². The summed E-state index contributed by atoms with van der Waals surface area (Å²) in [4.78, 5) is 71.1. The SMILES string of the molecule is CC(C)C[C@@H](NC(=O)[C@@H](Cc1ccccc1)NC(=O)[C@H](N)Cc1ccccc1)C(=O)N[C@H](CCCCN)C(=O)N1CCC2(CC1)CN(C(=O)[C@@H](C)N)C2. The second kappa shape index (κ2) is 19.7. The summed E-state index contributed by atoms with van der Waals surface area (Å²) in [6.07, 6.45) is 4.11. The molecule has 0 aromatic heterocycles. The average Bonchev–Trinajstić information content (AvgIpc) is 3.12. The van der Waals surface area contributed by atoms with Gasteiger partial charge in [-0.3, -0.25) is 24.0 Å². The minimum absolute atomic E-state index is 0.0105. The predicted octanol–water partition coefficient (Wildman–Crippen LogP) is 1.23. The fraction of sp³-hybridized carbons (Fsp3) is 0.575. The second-order valence-corrected chi connectivity index (χ2v) is 15.4. The van der Waals surface area contributed by atoms with Gasteiger partial charge in [-0.1, -0.05) is 74.5 Å². The molecule has 2 aromatic rings. The molecular formula is C40H60N8O5. The van der Waals surface area contributed by atoms with E-state index in [9.17, 15) is 24.0 Å². The minimum Gasteiger partial charge on any atom is -0.343 e. The van der Waals surface area contributed by atoms with Crippen molar-refractivity contribution in [2.24, 2.45) is 28.5 Å². The van der Waals surface area contributed by atoms with Crippen LogP contribution in [0.5, 0.6) is 0 Å². The summed E-state index contributed by atoms with van der Waals surface area (Å²) in [5.74, 6) is -1.63. The highest BCUT2D eigenvalue weighted by molar-refractivity contribution is 5.95. The van der Waals surface area contributed by atoms with Gasteiger partial charge in [0, 0.05) is 38.0 Å². The average molecular weight is 733 g/mol. The molecule has 5 atom stereocenters. The summed E-state index contributed by atoms with van der Waals surface area (Å²) in [7, 11) is 0. The molecule has 0 radical (unpaired) electrons. The molecule has 290 valence electrons. The number of rotatable bonds is 18. The zero-order valence-corrected chi connectivity index (χ0v) is 31.6. The second-order valence-electron chi connectivity index (χ2n) is 15.4. The third-order valence-corrected chi connectivity index (χ3v) is 10.3. The van der Waals surface area contributed by atoms with Crippen LogP contribution in [0.3, 0.4) is 0 Å². The van der Waals surface area contributed by atoms with Crippen molar-refractivity contribution in [1.82, 2.24) is 25.8 Å². The van der Waals surface area contributed by atoms with E-state index >= 15 is 0 Å². The number of hydrogen-bond donors (Lipinski definition) is 6. The van der Waals surface area contributed by atoms with Gasteiger partial charge in [-0.25, -0.2) is 0 Å². The molecule has 1 spiro atoms. The van der Waals surface area contributed by atoms with Gasteiger partial charge in [0.1, 0.15) is 18.1 Å². The van der Waals surface area contributed by atoms with Gasteiger partial charge in [0.15, 0.2) is 0 Å². The lowest BCUT2D eigenvalue weighted by Gasteiger charge is -2.54. The lowest BCUT2D eigenvalue weighted by molar-refractivity contribution is -0.152. The zero-order chi connectivity index (χ0) is 38.5. The Bertz CT molecular complexity index is 1510. The van der Waals surface area contributed by atoms with Crippen molar-refractivity contribution < 1.29 is 24.0 Å². The van der Waals surface area contributed by atoms with Crippen molar-refractivity contribution in [2.45, 2.75) is 102 Å². The van der Waals surface area contributed by atoms with Crippen molar-refractivity contribution in [3.05, 3.63) is 71.8 Å². The van der Waals surface area contributed by atoms with Gasteiger partial charge >= 0.3 is 0 Å². The molecule has 2 aliphatic heterocycles. The van der Waals surface area contributed by atoms with Crippen molar-refractivity contribution >= 4 is 29.5 Å². The van der Waals surface area contributed by atoms with Crippen molar-refractivity contribution in [1.29, 1.82) is 0 Å². The number of nitrogens with two attached hydrogens (primary N) is 3. The molecule has 5 amide bonds. The number of hydrogen-bond acceptors (Lipinski definition) is 8. The van der Waals surface area contributed by atoms with E-state index in [2.05, 4.69) is 16.0 Å². The van der Waals surface area contributed by atoms with E-state index in [4.69, 9.17) is 17.2 Å². The molecular weight excluding hydrogens is 672 g/mol. The van der Waals surface area contributed by atoms with E-state index in [0.717, 1.165) is 24.0 Å². The van der Waals surface area contributed by atoms with E-state index in [1.54, 1.807) is 16.7 Å². The largest absolute Gasteiger partial charge is 0.343 e. The first-order chi connectivity index (χ1) is 25.3. The summed E-state index contributed by atoms with van der Waals surface area (Å²) in [6, 6.07) is 14.6. The number of carbonyl (C=O) groups is 5. The molecule has 0 aliphatic carbocycles. The maximum absolute atomic E-state index is 14.0. The van der Waals surface area contributed by atoms with E-state index in [-0.39, 0.29) is 29.6 Å². The lowest BCUT2D eigenvalue weighted by atomic mass is 9.71. The third kappa shape index (κ3) is 12.1. The Balaban J connectivity index is 1.44. The van der Waals surface area contributed by atoms with Gasteiger partial charge in [-0.2, -0.15) is 0 Å². The molecule has 13 nitrogen and oxygen atoms in total. The molecule has 2 aromatic carbocycles. The van der Waals surface area contributed by atoms with Crippen LogP contribution in [0.2, 0.25) is 0 Å². The molecule has 9 N–H and O–H groups in total. The van der Waals surface area contributed by atoms with Crippen LogP contribution >= 0.6 is 0 Å². The Kier molecular flexibility index (Phi) is 15.4. The Morgan fingerprint density at radius 3 is 1.75 bits per heavy atom. The van der Waals surface area contributed by atoms with Crippen LogP contribution in [-0.2, 0) is 36.8 Å². The number of amides is 5. The van der Waals surface area contributed by atoms with Gasteiger partial charge in [-0.15, -0.1) is 0 Å². The number of nitrogens with zero attached hydrogens (tertiary/aromatic N) is 2. The van der Waals surface area contributed by atoms with Crippen molar-refractivity contribution in [3.8, 4) is 0 Å². The molecule has 2 heterocycles. The summed E-state index contributed by atoms with van der Waals surface area (Å²) in [5, 5.41) is 8.73. The van der Waals surface area contributed by atoms with Gasteiger partial charge in [0.25, 0.3) is 0 Å². The van der Waals surface area contributed by atoms with Gasteiger partial charge in [0.05, 0.1) is 12.1 Å². The van der Waals surface area contributed by atoms with Crippen LogP contribution in [-0.4, -0.2) is 102 Å². The third-order valence-electron chi connectivity index (χ3n) is 10.3. The lowest BCUT2D eigenvalue weighted by Crippen LogP contribution is -2.65. The summed E-state index contributed by atoms with van der Waals surface area (Å²) in [6.45, 7) is 8.41. The predicted molar refractivity (Wildman–Crippen MR) is 205 cm³/mol. The summed E-state index contributed by atoms with van der Waals surface area (Å²) < 4.78 is 0. The monoisotopic (exact) mass is 732 g/mol. The van der Waals surface area contributed by atoms with Crippen LogP contribution in [0, 0.1) is 11.3 Å². The maximum atomic E-state index is 14.0. The molecule has 0 unspecified atom stereocenters. The van der Waals surface area contributed by atoms with Gasteiger partial charge in [-0.05, 0) is 75.5 Å². The number of unbranched alkanes of at least 4 members (excludes halogenated alkanes) is 1. The van der Waals surface area contributed by atoms with E-state index < -0.39 is 47.9 Å². The first kappa shape index (κ1) is 41.4.